The van der Waals surface area contributed by atoms with E-state index in [4.69, 9.17) is 10.6 Å². The molecule has 1 aromatic carbocycles. The Kier molecular flexibility index (Phi) is 4.90. The van der Waals surface area contributed by atoms with E-state index >= 15 is 0 Å². The summed E-state index contributed by atoms with van der Waals surface area (Å²) in [5.41, 5.74) is 4.56. The van der Waals surface area contributed by atoms with Gasteiger partial charge in [-0.05, 0) is 47.8 Å². The van der Waals surface area contributed by atoms with Crippen molar-refractivity contribution in [3.63, 3.8) is 0 Å². The van der Waals surface area contributed by atoms with Crippen molar-refractivity contribution in [2.24, 2.45) is 10.9 Å². The highest BCUT2D eigenvalue weighted by molar-refractivity contribution is 5.83. The van der Waals surface area contributed by atoms with Crippen LogP contribution in [0, 0.1) is 10.1 Å². The third-order valence-corrected chi connectivity index (χ3v) is 4.27. The predicted octanol–water partition coefficient (Wildman–Crippen LogP) is 2.30. The van der Waals surface area contributed by atoms with E-state index in [0.29, 0.717) is 13.2 Å². The molecule has 24 heavy (non-hydrogen) atoms. The third kappa shape index (κ3) is 3.46. The second-order valence-corrected chi connectivity index (χ2v) is 5.77. The van der Waals surface area contributed by atoms with Crippen LogP contribution in [0.4, 0.5) is 5.69 Å². The summed E-state index contributed by atoms with van der Waals surface area (Å²) >= 11 is 0. The van der Waals surface area contributed by atoms with Gasteiger partial charge in [0.2, 0.25) is 0 Å². The second kappa shape index (κ2) is 7.27. The smallest absolute Gasteiger partial charge is 0.269 e. The van der Waals surface area contributed by atoms with Crippen LogP contribution in [0.2, 0.25) is 0 Å². The Morgan fingerprint density at radius 3 is 2.54 bits per heavy atom. The van der Waals surface area contributed by atoms with Gasteiger partial charge in [-0.3, -0.25) is 10.1 Å². The quantitative estimate of drug-likeness (QED) is 0.396. The summed E-state index contributed by atoms with van der Waals surface area (Å²) in [6.07, 6.45) is 5.62. The minimum Gasteiger partial charge on any atom is -0.378 e. The number of allylic oxidation sites excluding steroid dienone is 2. The number of ether oxygens (including phenoxy) is 1. The zero-order valence-corrected chi connectivity index (χ0v) is 13.4. The van der Waals surface area contributed by atoms with Crippen LogP contribution in [-0.4, -0.2) is 42.3 Å². The fraction of sp³-hybridized carbons (Fsp3) is 0.353. The normalized spacial score (nSPS) is 20.3. The van der Waals surface area contributed by atoms with Crippen LogP contribution in [-0.2, 0) is 4.74 Å². The summed E-state index contributed by atoms with van der Waals surface area (Å²) in [6.45, 7) is 3.10. The Hall–Kier alpha value is -2.67. The van der Waals surface area contributed by atoms with Gasteiger partial charge in [-0.1, -0.05) is 0 Å². The number of nitro groups is 1. The molecule has 1 fully saturated rings. The van der Waals surface area contributed by atoms with E-state index in [1.54, 1.807) is 18.3 Å². The van der Waals surface area contributed by atoms with Crippen molar-refractivity contribution in [3.05, 3.63) is 56.8 Å². The number of hydrazone groups is 1. The van der Waals surface area contributed by atoms with Crippen LogP contribution in [0.5, 0.6) is 0 Å². The van der Waals surface area contributed by atoms with Crippen molar-refractivity contribution in [2.75, 3.05) is 26.3 Å². The van der Waals surface area contributed by atoms with Crippen molar-refractivity contribution in [1.29, 1.82) is 0 Å². The number of nitrogens with zero attached hydrogens (tertiary/aromatic N) is 3. The summed E-state index contributed by atoms with van der Waals surface area (Å²) in [6, 6.07) is 6.61. The minimum absolute atomic E-state index is 0.100. The summed E-state index contributed by atoms with van der Waals surface area (Å²) in [7, 11) is 0. The Morgan fingerprint density at radius 1 is 1.21 bits per heavy atom. The average molecular weight is 328 g/mol. The second-order valence-electron chi connectivity index (χ2n) is 5.77. The van der Waals surface area contributed by atoms with Crippen LogP contribution in [0.25, 0.3) is 6.08 Å². The van der Waals surface area contributed by atoms with Gasteiger partial charge >= 0.3 is 0 Å². The third-order valence-electron chi connectivity index (χ3n) is 4.27. The first-order chi connectivity index (χ1) is 11.7. The molecule has 0 spiro atoms. The van der Waals surface area contributed by atoms with E-state index in [2.05, 4.69) is 16.1 Å². The molecule has 1 aromatic rings. The highest BCUT2D eigenvalue weighted by Gasteiger charge is 2.25. The maximum Gasteiger partial charge on any atom is 0.269 e. The van der Waals surface area contributed by atoms with Gasteiger partial charge in [-0.15, -0.1) is 0 Å². The first-order valence-electron chi connectivity index (χ1n) is 7.93. The molecule has 0 amide bonds. The molecule has 1 saturated heterocycles. The van der Waals surface area contributed by atoms with Gasteiger partial charge in [0.15, 0.2) is 0 Å². The van der Waals surface area contributed by atoms with Crippen LogP contribution in [0.1, 0.15) is 18.4 Å². The van der Waals surface area contributed by atoms with E-state index in [-0.39, 0.29) is 10.6 Å². The lowest BCUT2D eigenvalue weighted by Gasteiger charge is -2.31. The van der Waals surface area contributed by atoms with Crippen LogP contribution >= 0.6 is 0 Å². The van der Waals surface area contributed by atoms with Gasteiger partial charge in [0.25, 0.3) is 5.69 Å². The summed E-state index contributed by atoms with van der Waals surface area (Å²) in [4.78, 5) is 12.7. The topological polar surface area (TPSA) is 94.0 Å². The number of nitrogens with two attached hydrogens (primary N) is 1. The fourth-order valence-electron chi connectivity index (χ4n) is 3.16. The molecule has 2 N–H and O–H groups in total. The highest BCUT2D eigenvalue weighted by Crippen LogP contribution is 2.35. The maximum atomic E-state index is 10.8. The first-order valence-corrected chi connectivity index (χ1v) is 7.93. The zero-order valence-electron chi connectivity index (χ0n) is 13.4. The number of nitro benzene ring substituents is 1. The first kappa shape index (κ1) is 16.2. The maximum absolute atomic E-state index is 10.8. The van der Waals surface area contributed by atoms with E-state index < -0.39 is 0 Å². The molecule has 1 aliphatic carbocycles. The van der Waals surface area contributed by atoms with Crippen molar-refractivity contribution < 1.29 is 9.66 Å². The van der Waals surface area contributed by atoms with Gasteiger partial charge in [0.1, 0.15) is 0 Å². The fourth-order valence-corrected chi connectivity index (χ4v) is 3.16. The molecule has 126 valence electrons. The van der Waals surface area contributed by atoms with Crippen molar-refractivity contribution in [2.45, 2.75) is 12.8 Å². The van der Waals surface area contributed by atoms with Crippen LogP contribution in [0.15, 0.2) is 46.2 Å². The molecule has 0 saturated carbocycles. The average Bonchev–Trinajstić information content (AvgIpc) is 2.99. The van der Waals surface area contributed by atoms with Gasteiger partial charge in [0.05, 0.1) is 24.4 Å². The molecule has 0 radical (unpaired) electrons. The molecule has 7 nitrogen and oxygen atoms in total. The Bertz CT molecular complexity index is 701. The summed E-state index contributed by atoms with van der Waals surface area (Å²) in [5.74, 6) is 5.35. The van der Waals surface area contributed by atoms with Crippen LogP contribution in [0.3, 0.4) is 0 Å². The minimum atomic E-state index is -0.388. The molecule has 1 heterocycles. The van der Waals surface area contributed by atoms with Crippen molar-refractivity contribution >= 4 is 18.0 Å². The largest absolute Gasteiger partial charge is 0.378 e. The zero-order chi connectivity index (χ0) is 16.9. The van der Waals surface area contributed by atoms with Crippen molar-refractivity contribution in [3.8, 4) is 0 Å². The van der Waals surface area contributed by atoms with E-state index in [0.717, 1.165) is 37.1 Å². The van der Waals surface area contributed by atoms with Gasteiger partial charge < -0.3 is 15.5 Å². The molecule has 2 aliphatic rings. The number of hydrogen-bond acceptors (Lipinski definition) is 6. The lowest BCUT2D eigenvalue weighted by atomic mass is 10.1. The lowest BCUT2D eigenvalue weighted by molar-refractivity contribution is -0.384. The summed E-state index contributed by atoms with van der Waals surface area (Å²) in [5, 5.41) is 14.5. The predicted molar refractivity (Wildman–Crippen MR) is 92.4 cm³/mol. The number of benzene rings is 1. The highest BCUT2D eigenvalue weighted by atomic mass is 16.6. The number of rotatable bonds is 4. The van der Waals surface area contributed by atoms with Gasteiger partial charge in [0, 0.05) is 30.9 Å². The molecular formula is C17H20N4O3. The van der Waals surface area contributed by atoms with E-state index in [1.807, 2.05) is 0 Å². The molecule has 1 aliphatic heterocycles. The van der Waals surface area contributed by atoms with Gasteiger partial charge in [-0.2, -0.15) is 5.10 Å². The molecule has 0 unspecified atom stereocenters. The van der Waals surface area contributed by atoms with Gasteiger partial charge in [-0.25, -0.2) is 0 Å². The van der Waals surface area contributed by atoms with Crippen molar-refractivity contribution in [1.82, 2.24) is 4.90 Å². The molecule has 0 aromatic heterocycles. The monoisotopic (exact) mass is 328 g/mol. The molecule has 3 rings (SSSR count). The van der Waals surface area contributed by atoms with E-state index in [1.165, 1.54) is 23.4 Å². The summed E-state index contributed by atoms with van der Waals surface area (Å²) < 4.78 is 5.44. The number of hydrogen-bond donors (Lipinski definition) is 1. The number of morpholine rings is 1. The number of non-ortho nitro benzene ring substituents is 1. The standard InChI is InChI=1S/C17H20N4O3/c18-19-12-15-4-3-14(17(15)20-7-9-24-10-8-20)11-13-1-5-16(6-2-13)21(22)23/h1-2,5-6,11-12H,3-4,7-10,18H2/b14-11?,19-12-. The molecular weight excluding hydrogens is 308 g/mol. The SMILES string of the molecule is N/N=C\C1=C(N2CCOCC2)C(=Cc2ccc([N+](=O)[O-])cc2)CC1. The Labute approximate surface area is 140 Å². The molecule has 0 bridgehead atoms. The molecule has 7 heteroatoms. The van der Waals surface area contributed by atoms with Crippen LogP contribution < -0.4 is 5.84 Å². The Morgan fingerprint density at radius 2 is 1.92 bits per heavy atom. The van der Waals surface area contributed by atoms with E-state index in [9.17, 15) is 10.1 Å². The molecule has 0 atom stereocenters. The Balaban J connectivity index is 1.91. The lowest BCUT2D eigenvalue weighted by Crippen LogP contribution is -2.36.